The number of aryl methyl sites for hydroxylation is 1. The van der Waals surface area contributed by atoms with Gasteiger partial charge in [0.2, 0.25) is 23.6 Å². The molecule has 0 bridgehead atoms. The number of hydrogen-bond acceptors (Lipinski definition) is 7. The normalized spacial score (nSPS) is 17.2. The lowest BCUT2D eigenvalue weighted by Gasteiger charge is -2.28. The van der Waals surface area contributed by atoms with Crippen LogP contribution in [0.2, 0.25) is 5.02 Å². The molecule has 0 spiro atoms. The van der Waals surface area contributed by atoms with Crippen LogP contribution in [0.3, 0.4) is 0 Å². The van der Waals surface area contributed by atoms with Crippen molar-refractivity contribution in [2.45, 2.75) is 89.5 Å². The Bertz CT molecular complexity index is 1050. The van der Waals surface area contributed by atoms with Gasteiger partial charge in [0, 0.05) is 50.0 Å². The summed E-state index contributed by atoms with van der Waals surface area (Å²) in [5.41, 5.74) is 2.69. The van der Waals surface area contributed by atoms with Crippen molar-refractivity contribution in [2.24, 2.45) is 11.8 Å². The lowest BCUT2D eigenvalue weighted by Crippen LogP contribution is -2.50. The predicted octanol–water partition coefficient (Wildman–Crippen LogP) is 3.36. The van der Waals surface area contributed by atoms with Crippen molar-refractivity contribution >= 4 is 35.2 Å². The van der Waals surface area contributed by atoms with Crippen LogP contribution in [0, 0.1) is 11.8 Å². The summed E-state index contributed by atoms with van der Waals surface area (Å²) in [7, 11) is 0. The Morgan fingerprint density at radius 1 is 0.911 bits per heavy atom. The van der Waals surface area contributed by atoms with E-state index in [0.29, 0.717) is 43.2 Å². The largest absolute Gasteiger partial charge is 0.379 e. The third kappa shape index (κ3) is 14.9. The van der Waals surface area contributed by atoms with Crippen LogP contribution < -0.4 is 21.4 Å². The zero-order valence-corrected chi connectivity index (χ0v) is 27.3. The number of carbonyl (C=O) groups excluding carboxylic acids is 4. The molecule has 1 aromatic carbocycles. The van der Waals surface area contributed by atoms with Crippen molar-refractivity contribution in [1.29, 1.82) is 0 Å². The summed E-state index contributed by atoms with van der Waals surface area (Å²) in [6.07, 6.45) is 9.50. The molecule has 45 heavy (non-hydrogen) atoms. The summed E-state index contributed by atoms with van der Waals surface area (Å²) >= 11 is 5.98. The van der Waals surface area contributed by atoms with Crippen molar-refractivity contribution in [3.05, 3.63) is 34.9 Å². The number of carbonyl (C=O) groups is 4. The second kappa shape index (κ2) is 21.1. The van der Waals surface area contributed by atoms with Crippen LogP contribution in [0.4, 0.5) is 0 Å². The van der Waals surface area contributed by atoms with E-state index in [9.17, 15) is 19.2 Å². The maximum absolute atomic E-state index is 13.4. The lowest BCUT2D eigenvalue weighted by atomic mass is 9.84. The van der Waals surface area contributed by atoms with Gasteiger partial charge in [0.15, 0.2) is 0 Å². The van der Waals surface area contributed by atoms with Crippen molar-refractivity contribution in [3.63, 3.8) is 0 Å². The van der Waals surface area contributed by atoms with E-state index in [-0.39, 0.29) is 37.1 Å². The van der Waals surface area contributed by atoms with Gasteiger partial charge in [0.05, 0.1) is 13.2 Å². The third-order valence-corrected chi connectivity index (χ3v) is 9.02. The minimum absolute atomic E-state index is 0.120. The molecule has 0 radical (unpaired) electrons. The zero-order chi connectivity index (χ0) is 32.3. The highest BCUT2D eigenvalue weighted by Gasteiger charge is 2.29. The first-order valence-electron chi connectivity index (χ1n) is 16.7. The molecule has 3 rings (SSSR count). The van der Waals surface area contributed by atoms with Crippen LogP contribution >= 0.6 is 11.6 Å². The maximum atomic E-state index is 13.4. The molecule has 0 unspecified atom stereocenters. The Kier molecular flexibility index (Phi) is 17.3. The number of ether oxygens (including phenoxy) is 1. The average molecular weight is 650 g/mol. The molecule has 2 atom stereocenters. The monoisotopic (exact) mass is 649 g/mol. The number of hydroxylamine groups is 1. The van der Waals surface area contributed by atoms with E-state index < -0.39 is 17.9 Å². The first-order chi connectivity index (χ1) is 21.8. The van der Waals surface area contributed by atoms with E-state index in [1.807, 2.05) is 24.3 Å². The molecule has 1 heterocycles. The third-order valence-electron chi connectivity index (χ3n) is 8.76. The van der Waals surface area contributed by atoms with Crippen molar-refractivity contribution in [1.82, 2.24) is 26.3 Å². The Labute approximate surface area is 272 Å². The fraction of sp³-hybridized carbons (Fsp3) is 0.697. The van der Waals surface area contributed by atoms with E-state index in [2.05, 4.69) is 20.9 Å². The standard InChI is InChI=1S/C33H52ClN5O6/c34-28-13-11-25(12-14-28)9-6-10-27(24-31(41)38-44)32(42)37-29(23-26-7-2-1-3-8-26)33(43)36-17-15-30(40)35-16-4-5-18-39-19-21-45-22-20-39/h11-14,26-27,29,44H,1-10,15-24H2,(H,35,40)(H,36,43)(H,37,42)(H,38,41)/t27-,29+/m1/s1. The molecule has 12 heteroatoms. The molecule has 1 aromatic rings. The van der Waals surface area contributed by atoms with Gasteiger partial charge in [0.25, 0.3) is 0 Å². The molecule has 11 nitrogen and oxygen atoms in total. The quantitative estimate of drug-likeness (QED) is 0.0877. The summed E-state index contributed by atoms with van der Waals surface area (Å²) in [6, 6.07) is 6.71. The van der Waals surface area contributed by atoms with Gasteiger partial charge in [-0.15, -0.1) is 0 Å². The van der Waals surface area contributed by atoms with E-state index in [1.54, 1.807) is 5.48 Å². The van der Waals surface area contributed by atoms with Crippen molar-refractivity contribution in [2.75, 3.05) is 45.9 Å². The summed E-state index contributed by atoms with van der Waals surface area (Å²) in [5.74, 6) is -1.87. The highest BCUT2D eigenvalue weighted by molar-refractivity contribution is 6.30. The van der Waals surface area contributed by atoms with Gasteiger partial charge in [-0.25, -0.2) is 5.48 Å². The van der Waals surface area contributed by atoms with E-state index in [0.717, 1.165) is 76.9 Å². The number of benzene rings is 1. The van der Waals surface area contributed by atoms with Crippen LogP contribution in [-0.2, 0) is 30.3 Å². The van der Waals surface area contributed by atoms with E-state index >= 15 is 0 Å². The number of hydrogen-bond donors (Lipinski definition) is 5. The SMILES string of the molecule is O=C(C[C@@H](CCCc1ccc(Cl)cc1)C(=O)N[C@@H](CC1CCCCC1)C(=O)NCCC(=O)NCCCCN1CCOCC1)NO. The van der Waals surface area contributed by atoms with Crippen LogP contribution in [-0.4, -0.2) is 85.7 Å². The minimum Gasteiger partial charge on any atom is -0.379 e. The fourth-order valence-electron chi connectivity index (χ4n) is 6.10. The number of amides is 4. The first-order valence-corrected chi connectivity index (χ1v) is 17.0. The van der Waals surface area contributed by atoms with Gasteiger partial charge in [-0.3, -0.25) is 29.3 Å². The van der Waals surface area contributed by atoms with E-state index in [1.165, 1.54) is 6.42 Å². The highest BCUT2D eigenvalue weighted by atomic mass is 35.5. The number of unbranched alkanes of at least 4 members (excludes halogenated alkanes) is 1. The Morgan fingerprint density at radius 2 is 1.64 bits per heavy atom. The smallest absolute Gasteiger partial charge is 0.244 e. The lowest BCUT2D eigenvalue weighted by molar-refractivity contribution is -0.136. The second-order valence-corrected chi connectivity index (χ2v) is 12.7. The van der Waals surface area contributed by atoms with Crippen LogP contribution in [0.25, 0.3) is 0 Å². The van der Waals surface area contributed by atoms with Gasteiger partial charge >= 0.3 is 0 Å². The number of morpholine rings is 1. The summed E-state index contributed by atoms with van der Waals surface area (Å²) in [4.78, 5) is 53.5. The molecule has 4 amide bonds. The molecule has 1 aliphatic carbocycles. The second-order valence-electron chi connectivity index (χ2n) is 12.3. The number of nitrogens with one attached hydrogen (secondary N) is 4. The molecule has 5 N–H and O–H groups in total. The van der Waals surface area contributed by atoms with Crippen LogP contribution in [0.1, 0.15) is 82.6 Å². The molecular formula is C33H52ClN5O6. The number of halogens is 1. The molecular weight excluding hydrogens is 598 g/mol. The minimum atomic E-state index is -0.764. The summed E-state index contributed by atoms with van der Waals surface area (Å²) < 4.78 is 5.37. The topological polar surface area (TPSA) is 149 Å². The molecule has 1 saturated heterocycles. The maximum Gasteiger partial charge on any atom is 0.244 e. The van der Waals surface area contributed by atoms with Crippen LogP contribution in [0.5, 0.6) is 0 Å². The number of nitrogens with zero attached hydrogens (tertiary/aromatic N) is 1. The number of rotatable bonds is 19. The van der Waals surface area contributed by atoms with Gasteiger partial charge in [-0.05, 0) is 68.7 Å². The van der Waals surface area contributed by atoms with Gasteiger partial charge in [-0.2, -0.15) is 0 Å². The van der Waals surface area contributed by atoms with Crippen molar-refractivity contribution < 1.29 is 29.1 Å². The van der Waals surface area contributed by atoms with Crippen molar-refractivity contribution in [3.8, 4) is 0 Å². The zero-order valence-electron chi connectivity index (χ0n) is 26.5. The molecule has 0 aromatic heterocycles. The highest BCUT2D eigenvalue weighted by Crippen LogP contribution is 2.28. The summed E-state index contributed by atoms with van der Waals surface area (Å²) in [5, 5.41) is 18.5. The van der Waals surface area contributed by atoms with Gasteiger partial charge in [0.1, 0.15) is 6.04 Å². The average Bonchev–Trinajstić information content (AvgIpc) is 3.05. The predicted molar refractivity (Wildman–Crippen MR) is 173 cm³/mol. The van der Waals surface area contributed by atoms with Gasteiger partial charge < -0.3 is 20.7 Å². The Hall–Kier alpha value is -2.73. The van der Waals surface area contributed by atoms with Gasteiger partial charge in [-0.1, -0.05) is 55.8 Å². The molecule has 2 fully saturated rings. The molecule has 1 saturated carbocycles. The Balaban J connectivity index is 1.47. The summed E-state index contributed by atoms with van der Waals surface area (Å²) in [6.45, 7) is 5.23. The van der Waals surface area contributed by atoms with E-state index in [4.69, 9.17) is 21.5 Å². The molecule has 252 valence electrons. The molecule has 1 aliphatic heterocycles. The molecule has 2 aliphatic rings. The Morgan fingerprint density at radius 3 is 2.36 bits per heavy atom. The fourth-order valence-corrected chi connectivity index (χ4v) is 6.23. The first kappa shape index (κ1) is 36.7. The van der Waals surface area contributed by atoms with Crippen LogP contribution in [0.15, 0.2) is 24.3 Å².